The maximum absolute atomic E-state index is 8.40. The number of hydrogen-bond donors (Lipinski definition) is 0. The number of nitrogens with zero attached hydrogens (tertiary/aromatic N) is 1. The molecule has 14 heavy (non-hydrogen) atoms. The topological polar surface area (TPSA) is 23.8 Å². The Morgan fingerprint density at radius 3 is 2.50 bits per heavy atom. The van der Waals surface area contributed by atoms with Gasteiger partial charge in [0.25, 0.3) is 0 Å². The summed E-state index contributed by atoms with van der Waals surface area (Å²) in [6.45, 7) is 2.17. The summed E-state index contributed by atoms with van der Waals surface area (Å²) in [5, 5.41) is 8.40. The van der Waals surface area contributed by atoms with Gasteiger partial charge in [0.05, 0.1) is 12.5 Å². The third-order valence-electron chi connectivity index (χ3n) is 2.26. The van der Waals surface area contributed by atoms with E-state index in [0.29, 0.717) is 18.3 Å². The monoisotopic (exact) mass is 185 g/mol. The second-order valence-corrected chi connectivity index (χ2v) is 3.38. The van der Waals surface area contributed by atoms with Gasteiger partial charge in [0.2, 0.25) is 0 Å². The minimum atomic E-state index is 0.444. The molecule has 1 nitrogen and oxygen atoms in total. The highest BCUT2D eigenvalue weighted by atomic mass is 14.2. The van der Waals surface area contributed by atoms with Crippen LogP contribution in [0.4, 0.5) is 0 Å². The van der Waals surface area contributed by atoms with Gasteiger partial charge >= 0.3 is 0 Å². The Balaban J connectivity index is 2.52. The first-order chi connectivity index (χ1) is 6.84. The van der Waals surface area contributed by atoms with Crippen molar-refractivity contribution in [1.29, 1.82) is 5.26 Å². The predicted octanol–water partition coefficient (Wildman–Crippen LogP) is 3.39. The lowest BCUT2D eigenvalue weighted by molar-refractivity contribution is 0.611. The molecule has 1 unspecified atom stereocenters. The zero-order valence-corrected chi connectivity index (χ0v) is 8.43. The summed E-state index contributed by atoms with van der Waals surface area (Å²) < 4.78 is 0. The lowest BCUT2D eigenvalue weighted by Crippen LogP contribution is -2.02. The van der Waals surface area contributed by atoms with Crippen molar-refractivity contribution < 1.29 is 0 Å². The summed E-state index contributed by atoms with van der Waals surface area (Å²) >= 11 is 0. The van der Waals surface area contributed by atoms with Crippen molar-refractivity contribution in [3.05, 3.63) is 48.6 Å². The molecule has 1 rings (SSSR count). The van der Waals surface area contributed by atoms with E-state index in [9.17, 15) is 0 Å². The molecule has 0 spiro atoms. The van der Waals surface area contributed by atoms with Gasteiger partial charge in [-0.1, -0.05) is 55.5 Å². The maximum Gasteiger partial charge on any atom is 0.0663 e. The van der Waals surface area contributed by atoms with Gasteiger partial charge in [0.1, 0.15) is 0 Å². The summed E-state index contributed by atoms with van der Waals surface area (Å²) in [5.41, 5.74) is 0. The minimum absolute atomic E-state index is 0.444. The van der Waals surface area contributed by atoms with Crippen LogP contribution in [0.5, 0.6) is 0 Å². The Labute approximate surface area is 85.7 Å². The van der Waals surface area contributed by atoms with Crippen LogP contribution in [-0.2, 0) is 0 Å². The standard InChI is InChI=1S/C13H15N/c1-12(8-6-7-11-14)13-9-4-2-3-5-10-13/h2-6,8-10,12-13H,7H2,1H3. The van der Waals surface area contributed by atoms with Gasteiger partial charge in [0.15, 0.2) is 0 Å². The van der Waals surface area contributed by atoms with Crippen molar-refractivity contribution in [2.75, 3.05) is 0 Å². The largest absolute Gasteiger partial charge is 0.198 e. The molecule has 0 N–H and O–H groups in total. The minimum Gasteiger partial charge on any atom is -0.198 e. The lowest BCUT2D eigenvalue weighted by Gasteiger charge is -2.12. The fourth-order valence-electron chi connectivity index (χ4n) is 1.39. The van der Waals surface area contributed by atoms with E-state index in [1.807, 2.05) is 18.2 Å². The van der Waals surface area contributed by atoms with Gasteiger partial charge in [-0.15, -0.1) is 0 Å². The van der Waals surface area contributed by atoms with Gasteiger partial charge in [-0.3, -0.25) is 0 Å². The first kappa shape index (κ1) is 10.5. The predicted molar refractivity (Wildman–Crippen MR) is 59.4 cm³/mol. The molecule has 1 atom stereocenters. The second-order valence-electron chi connectivity index (χ2n) is 3.38. The van der Waals surface area contributed by atoms with Crippen molar-refractivity contribution in [1.82, 2.24) is 0 Å². The Morgan fingerprint density at radius 1 is 1.29 bits per heavy atom. The van der Waals surface area contributed by atoms with E-state index in [1.54, 1.807) is 0 Å². The normalized spacial score (nSPS) is 18.3. The van der Waals surface area contributed by atoms with Crippen LogP contribution in [0.15, 0.2) is 48.6 Å². The Morgan fingerprint density at radius 2 is 1.93 bits per heavy atom. The summed E-state index contributed by atoms with van der Waals surface area (Å²) in [4.78, 5) is 0. The molecule has 0 saturated heterocycles. The van der Waals surface area contributed by atoms with Crippen molar-refractivity contribution >= 4 is 0 Å². The highest BCUT2D eigenvalue weighted by molar-refractivity contribution is 5.21. The molecular weight excluding hydrogens is 170 g/mol. The second kappa shape index (κ2) is 5.99. The van der Waals surface area contributed by atoms with Gasteiger partial charge < -0.3 is 0 Å². The fraction of sp³-hybridized carbons (Fsp3) is 0.308. The molecule has 0 aliphatic heterocycles. The molecule has 0 aromatic heterocycles. The molecule has 0 saturated carbocycles. The van der Waals surface area contributed by atoms with Gasteiger partial charge in [-0.2, -0.15) is 5.26 Å². The molecule has 1 heteroatoms. The van der Waals surface area contributed by atoms with Crippen LogP contribution in [0.1, 0.15) is 13.3 Å². The SMILES string of the molecule is CC(C=CCC#N)C1C=CC=CC=C1. The molecule has 72 valence electrons. The van der Waals surface area contributed by atoms with E-state index in [-0.39, 0.29) is 0 Å². The summed E-state index contributed by atoms with van der Waals surface area (Å²) in [7, 11) is 0. The van der Waals surface area contributed by atoms with Crippen LogP contribution in [0.25, 0.3) is 0 Å². The van der Waals surface area contributed by atoms with E-state index >= 15 is 0 Å². The highest BCUT2D eigenvalue weighted by Crippen LogP contribution is 2.18. The number of allylic oxidation sites excluding steroid dienone is 8. The fourth-order valence-corrected chi connectivity index (χ4v) is 1.39. The van der Waals surface area contributed by atoms with E-state index in [0.717, 1.165) is 0 Å². The number of hydrogen-bond acceptors (Lipinski definition) is 1. The zero-order valence-electron chi connectivity index (χ0n) is 8.43. The zero-order chi connectivity index (χ0) is 10.2. The quantitative estimate of drug-likeness (QED) is 0.618. The lowest BCUT2D eigenvalue weighted by atomic mass is 9.93. The molecule has 0 bridgehead atoms. The first-order valence-corrected chi connectivity index (χ1v) is 4.90. The third-order valence-corrected chi connectivity index (χ3v) is 2.26. The molecule has 1 aliphatic rings. The van der Waals surface area contributed by atoms with Crippen LogP contribution in [0.2, 0.25) is 0 Å². The van der Waals surface area contributed by atoms with Crippen LogP contribution >= 0.6 is 0 Å². The van der Waals surface area contributed by atoms with Crippen LogP contribution in [0.3, 0.4) is 0 Å². The van der Waals surface area contributed by atoms with E-state index in [2.05, 4.69) is 43.4 Å². The van der Waals surface area contributed by atoms with Crippen LogP contribution in [-0.4, -0.2) is 0 Å². The van der Waals surface area contributed by atoms with Crippen LogP contribution in [0, 0.1) is 23.2 Å². The molecule has 0 heterocycles. The number of rotatable bonds is 3. The van der Waals surface area contributed by atoms with Crippen LogP contribution < -0.4 is 0 Å². The molecule has 1 aliphatic carbocycles. The number of nitriles is 1. The maximum atomic E-state index is 8.40. The molecule has 0 aromatic carbocycles. The molecule has 0 radical (unpaired) electrons. The summed E-state index contributed by atoms with van der Waals surface area (Å²) in [5.74, 6) is 0.899. The van der Waals surface area contributed by atoms with E-state index < -0.39 is 0 Å². The molecular formula is C13H15N. The van der Waals surface area contributed by atoms with Gasteiger partial charge in [0, 0.05) is 5.92 Å². The van der Waals surface area contributed by atoms with Crippen molar-refractivity contribution in [2.45, 2.75) is 13.3 Å². The van der Waals surface area contributed by atoms with Crippen molar-refractivity contribution in [2.24, 2.45) is 11.8 Å². The van der Waals surface area contributed by atoms with E-state index in [1.165, 1.54) is 0 Å². The van der Waals surface area contributed by atoms with Gasteiger partial charge in [-0.25, -0.2) is 0 Å². The highest BCUT2D eigenvalue weighted by Gasteiger charge is 2.07. The Kier molecular flexibility index (Phi) is 4.50. The average molecular weight is 185 g/mol. The molecule has 0 aromatic rings. The van der Waals surface area contributed by atoms with E-state index in [4.69, 9.17) is 5.26 Å². The average Bonchev–Trinajstić information content (AvgIpc) is 2.46. The third kappa shape index (κ3) is 3.45. The summed E-state index contributed by atoms with van der Waals surface area (Å²) in [6.07, 6.45) is 17.1. The van der Waals surface area contributed by atoms with Gasteiger partial charge in [-0.05, 0) is 5.92 Å². The Bertz CT molecular complexity index is 297. The molecule has 0 amide bonds. The first-order valence-electron chi connectivity index (χ1n) is 4.90. The smallest absolute Gasteiger partial charge is 0.0663 e. The van der Waals surface area contributed by atoms with Crippen molar-refractivity contribution in [3.63, 3.8) is 0 Å². The Hall–Kier alpha value is -1.55. The summed E-state index contributed by atoms with van der Waals surface area (Å²) in [6, 6.07) is 2.10. The molecule has 0 fully saturated rings. The van der Waals surface area contributed by atoms with Crippen molar-refractivity contribution in [3.8, 4) is 6.07 Å².